The molecule has 0 bridgehead atoms. The van der Waals surface area contributed by atoms with Crippen LogP contribution in [0, 0.1) is 5.92 Å². The molecular formula is C26H33ClN4O4. The van der Waals surface area contributed by atoms with Crippen LogP contribution in [0.3, 0.4) is 0 Å². The number of nitrogens with zero attached hydrogens (tertiary/aromatic N) is 3. The van der Waals surface area contributed by atoms with Crippen LogP contribution in [-0.4, -0.2) is 78.5 Å². The van der Waals surface area contributed by atoms with Gasteiger partial charge in [0.05, 0.1) is 18.2 Å². The minimum Gasteiger partial charge on any atom is -0.463 e. The molecule has 188 valence electrons. The van der Waals surface area contributed by atoms with Gasteiger partial charge in [-0.3, -0.25) is 14.6 Å². The molecule has 1 saturated carbocycles. The number of halogens is 1. The maximum atomic E-state index is 13.2. The maximum Gasteiger partial charge on any atom is 0.338 e. The van der Waals surface area contributed by atoms with Crippen LogP contribution in [0.4, 0.5) is 4.79 Å². The summed E-state index contributed by atoms with van der Waals surface area (Å²) in [4.78, 5) is 44.7. The average molecular weight is 501 g/mol. The molecule has 1 aliphatic carbocycles. The zero-order valence-corrected chi connectivity index (χ0v) is 20.9. The number of ether oxygens (including phenoxy) is 1. The van der Waals surface area contributed by atoms with E-state index in [1.807, 2.05) is 4.90 Å². The van der Waals surface area contributed by atoms with Crippen molar-refractivity contribution < 1.29 is 19.1 Å². The van der Waals surface area contributed by atoms with Gasteiger partial charge in [-0.05, 0) is 37.5 Å². The summed E-state index contributed by atoms with van der Waals surface area (Å²) < 4.78 is 5.43. The molecule has 8 nitrogen and oxygen atoms in total. The quantitative estimate of drug-likeness (QED) is 0.437. The number of carbonyl (C=O) groups excluding carboxylic acids is 3. The lowest BCUT2D eigenvalue weighted by atomic mass is 9.84. The molecule has 1 saturated heterocycles. The van der Waals surface area contributed by atoms with Gasteiger partial charge in [0.25, 0.3) is 0 Å². The molecule has 3 aliphatic rings. The van der Waals surface area contributed by atoms with Gasteiger partial charge in [0, 0.05) is 55.9 Å². The average Bonchev–Trinajstić information content (AvgIpc) is 2.81. The van der Waals surface area contributed by atoms with Crippen LogP contribution >= 0.6 is 11.6 Å². The van der Waals surface area contributed by atoms with Crippen molar-refractivity contribution in [1.29, 1.82) is 0 Å². The Hall–Kier alpha value is -2.84. The highest BCUT2D eigenvalue weighted by Crippen LogP contribution is 2.33. The number of carbonyl (C=O) groups is 3. The number of urea groups is 1. The van der Waals surface area contributed by atoms with E-state index in [0.717, 1.165) is 24.8 Å². The van der Waals surface area contributed by atoms with Crippen molar-refractivity contribution in [2.75, 3.05) is 45.9 Å². The number of rotatable bonds is 8. The van der Waals surface area contributed by atoms with E-state index in [1.165, 1.54) is 0 Å². The normalized spacial score (nSPS) is 21.4. The molecule has 2 heterocycles. The summed E-state index contributed by atoms with van der Waals surface area (Å²) in [6, 6.07) is 6.12. The molecular weight excluding hydrogens is 468 g/mol. The lowest BCUT2D eigenvalue weighted by Gasteiger charge is -2.41. The van der Waals surface area contributed by atoms with Gasteiger partial charge in [0.15, 0.2) is 0 Å². The highest BCUT2D eigenvalue weighted by molar-refractivity contribution is 6.30. The fourth-order valence-corrected chi connectivity index (χ4v) is 4.93. The molecule has 0 aromatic heterocycles. The fraction of sp³-hybridized carbons (Fsp3) is 0.500. The topological polar surface area (TPSA) is 82.2 Å². The summed E-state index contributed by atoms with van der Waals surface area (Å²) >= 11 is 6.07. The van der Waals surface area contributed by atoms with Gasteiger partial charge < -0.3 is 15.0 Å². The number of esters is 1. The SMILES string of the molecule is C=CCN1C(=O)NC(c2ccc(Cl)cc2)C(C(=O)OCC)=C1CN1CCN(C(=O)C2CCC2)CC1. The van der Waals surface area contributed by atoms with E-state index in [4.69, 9.17) is 16.3 Å². The third-order valence-electron chi connectivity index (χ3n) is 6.96. The minimum absolute atomic E-state index is 0.185. The minimum atomic E-state index is -0.656. The molecule has 4 rings (SSSR count). The second-order valence-corrected chi connectivity index (χ2v) is 9.58. The van der Waals surface area contributed by atoms with Gasteiger partial charge in [0.1, 0.15) is 0 Å². The number of hydrogen-bond acceptors (Lipinski definition) is 5. The Morgan fingerprint density at radius 1 is 1.17 bits per heavy atom. The van der Waals surface area contributed by atoms with Gasteiger partial charge in [0.2, 0.25) is 5.91 Å². The lowest BCUT2D eigenvalue weighted by Crippen LogP contribution is -2.54. The Labute approximate surface area is 211 Å². The first kappa shape index (κ1) is 25.3. The highest BCUT2D eigenvalue weighted by Gasteiger charge is 2.39. The predicted octanol–water partition coefficient (Wildman–Crippen LogP) is 3.35. The third-order valence-corrected chi connectivity index (χ3v) is 7.21. The molecule has 1 aromatic carbocycles. The van der Waals surface area contributed by atoms with Gasteiger partial charge in [-0.2, -0.15) is 0 Å². The van der Waals surface area contributed by atoms with E-state index in [2.05, 4.69) is 16.8 Å². The van der Waals surface area contributed by atoms with Crippen molar-refractivity contribution in [2.24, 2.45) is 5.92 Å². The summed E-state index contributed by atoms with van der Waals surface area (Å²) in [6.07, 6.45) is 4.76. The zero-order valence-electron chi connectivity index (χ0n) is 20.2. The maximum absolute atomic E-state index is 13.2. The van der Waals surface area contributed by atoms with Gasteiger partial charge in [-0.15, -0.1) is 6.58 Å². The largest absolute Gasteiger partial charge is 0.463 e. The molecule has 1 N–H and O–H groups in total. The van der Waals surface area contributed by atoms with E-state index in [0.29, 0.717) is 49.0 Å². The highest BCUT2D eigenvalue weighted by atomic mass is 35.5. The lowest BCUT2D eigenvalue weighted by molar-refractivity contribution is -0.140. The van der Waals surface area contributed by atoms with Crippen LogP contribution in [0.2, 0.25) is 5.02 Å². The Kier molecular flexibility index (Phi) is 8.13. The van der Waals surface area contributed by atoms with Crippen molar-refractivity contribution in [3.8, 4) is 0 Å². The molecule has 0 spiro atoms. The van der Waals surface area contributed by atoms with Crippen LogP contribution in [0.5, 0.6) is 0 Å². The third kappa shape index (κ3) is 5.54. The molecule has 0 radical (unpaired) electrons. The van der Waals surface area contributed by atoms with Crippen molar-refractivity contribution in [3.05, 3.63) is 58.8 Å². The first-order chi connectivity index (χ1) is 16.9. The van der Waals surface area contributed by atoms with E-state index in [-0.39, 0.29) is 31.0 Å². The van der Waals surface area contributed by atoms with Crippen LogP contribution in [-0.2, 0) is 14.3 Å². The van der Waals surface area contributed by atoms with Crippen LogP contribution in [0.15, 0.2) is 48.2 Å². The Balaban J connectivity index is 1.62. The number of benzene rings is 1. The number of piperazine rings is 1. The van der Waals surface area contributed by atoms with Gasteiger partial charge in [-0.1, -0.05) is 36.2 Å². The zero-order chi connectivity index (χ0) is 24.9. The monoisotopic (exact) mass is 500 g/mol. The van der Waals surface area contributed by atoms with Crippen LogP contribution in [0.1, 0.15) is 37.8 Å². The summed E-state index contributed by atoms with van der Waals surface area (Å²) in [7, 11) is 0. The second-order valence-electron chi connectivity index (χ2n) is 9.14. The van der Waals surface area contributed by atoms with E-state index >= 15 is 0 Å². The van der Waals surface area contributed by atoms with Gasteiger partial charge in [-0.25, -0.2) is 9.59 Å². The van der Waals surface area contributed by atoms with Crippen LogP contribution in [0.25, 0.3) is 0 Å². The second kappa shape index (κ2) is 11.3. The fourth-order valence-electron chi connectivity index (χ4n) is 4.80. The molecule has 1 aromatic rings. The summed E-state index contributed by atoms with van der Waals surface area (Å²) in [6.45, 7) is 9.07. The smallest absolute Gasteiger partial charge is 0.338 e. The van der Waals surface area contributed by atoms with Gasteiger partial charge >= 0.3 is 12.0 Å². The Morgan fingerprint density at radius 3 is 2.43 bits per heavy atom. The predicted molar refractivity (Wildman–Crippen MR) is 134 cm³/mol. The first-order valence-electron chi connectivity index (χ1n) is 12.3. The molecule has 2 aliphatic heterocycles. The van der Waals surface area contributed by atoms with Crippen LogP contribution < -0.4 is 5.32 Å². The molecule has 1 unspecified atom stereocenters. The van der Waals surface area contributed by atoms with E-state index < -0.39 is 12.0 Å². The Morgan fingerprint density at radius 2 is 1.86 bits per heavy atom. The van der Waals surface area contributed by atoms with E-state index in [9.17, 15) is 14.4 Å². The molecule has 3 amide bonds. The van der Waals surface area contributed by atoms with Crippen molar-refractivity contribution in [2.45, 2.75) is 32.2 Å². The van der Waals surface area contributed by atoms with Crippen molar-refractivity contribution >= 4 is 29.5 Å². The van der Waals surface area contributed by atoms with E-state index in [1.54, 1.807) is 42.2 Å². The number of nitrogens with one attached hydrogen (secondary N) is 1. The summed E-state index contributed by atoms with van der Waals surface area (Å²) in [5.74, 6) is -0.0179. The molecule has 9 heteroatoms. The van der Waals surface area contributed by atoms with Crippen molar-refractivity contribution in [1.82, 2.24) is 20.0 Å². The first-order valence-corrected chi connectivity index (χ1v) is 12.7. The summed E-state index contributed by atoms with van der Waals surface area (Å²) in [5, 5.41) is 3.53. The number of hydrogen-bond donors (Lipinski definition) is 1. The standard InChI is InChI=1S/C26H33ClN4O4/c1-3-12-31-21(17-29-13-15-30(16-14-29)24(32)19-6-5-7-19)22(25(33)35-4-2)23(28-26(31)34)18-8-10-20(27)11-9-18/h3,8-11,19,23H,1,4-7,12-17H2,2H3,(H,28,34). The summed E-state index contributed by atoms with van der Waals surface area (Å²) in [5.41, 5.74) is 1.76. The molecule has 35 heavy (non-hydrogen) atoms. The number of amides is 3. The molecule has 2 fully saturated rings. The van der Waals surface area contributed by atoms with Crippen molar-refractivity contribution in [3.63, 3.8) is 0 Å². The molecule has 1 atom stereocenters. The Bertz CT molecular complexity index is 997.